The van der Waals surface area contributed by atoms with Crippen LogP contribution in [0.4, 0.5) is 0 Å². The van der Waals surface area contributed by atoms with E-state index in [1.807, 2.05) is 31.2 Å². The van der Waals surface area contributed by atoms with E-state index in [0.29, 0.717) is 48.6 Å². The van der Waals surface area contributed by atoms with Crippen LogP contribution in [0.3, 0.4) is 0 Å². The molecule has 1 atom stereocenters. The summed E-state index contributed by atoms with van der Waals surface area (Å²) in [4.78, 5) is 31.8. The van der Waals surface area contributed by atoms with Crippen LogP contribution >= 0.6 is 34.5 Å². The Labute approximate surface area is 222 Å². The van der Waals surface area contributed by atoms with E-state index in [4.69, 9.17) is 32.7 Å². The molecule has 4 rings (SSSR count). The molecule has 0 saturated heterocycles. The van der Waals surface area contributed by atoms with Gasteiger partial charge < -0.3 is 9.47 Å². The SMILES string of the molecule is C=CCOC(=O)C1=C(C)N=c2sc(=Cc3ccc(Cl)cc3Cl)c(=O)n2C1c1ccc(OCCC)cc1. The Balaban J connectivity index is 1.88. The number of carbonyl (C=O) groups is 1. The molecule has 186 valence electrons. The number of rotatable bonds is 8. The molecule has 0 N–H and O–H groups in total. The lowest BCUT2D eigenvalue weighted by Gasteiger charge is -2.24. The highest BCUT2D eigenvalue weighted by molar-refractivity contribution is 7.07. The maximum absolute atomic E-state index is 13.7. The molecule has 1 aliphatic heterocycles. The summed E-state index contributed by atoms with van der Waals surface area (Å²) in [6.45, 7) is 8.02. The van der Waals surface area contributed by atoms with Gasteiger partial charge in [0.15, 0.2) is 4.80 Å². The van der Waals surface area contributed by atoms with Crippen molar-refractivity contribution in [1.82, 2.24) is 4.57 Å². The lowest BCUT2D eigenvalue weighted by atomic mass is 9.96. The molecule has 0 bridgehead atoms. The number of ether oxygens (including phenoxy) is 2. The number of aromatic nitrogens is 1. The molecular formula is C27H24Cl2N2O4S. The minimum absolute atomic E-state index is 0.0472. The van der Waals surface area contributed by atoms with Crippen LogP contribution in [0.2, 0.25) is 10.0 Å². The van der Waals surface area contributed by atoms with Crippen molar-refractivity contribution in [3.63, 3.8) is 0 Å². The Morgan fingerprint density at radius 1 is 1.22 bits per heavy atom. The normalized spacial score (nSPS) is 15.3. The Morgan fingerprint density at radius 3 is 2.64 bits per heavy atom. The highest BCUT2D eigenvalue weighted by atomic mass is 35.5. The molecule has 0 amide bonds. The van der Waals surface area contributed by atoms with Crippen LogP contribution in [0.15, 0.2) is 76.2 Å². The molecule has 1 unspecified atom stereocenters. The Hall–Kier alpha value is -3.13. The molecule has 0 fully saturated rings. The highest BCUT2D eigenvalue weighted by Crippen LogP contribution is 2.31. The topological polar surface area (TPSA) is 69.9 Å². The molecule has 1 aromatic heterocycles. The molecule has 0 radical (unpaired) electrons. The summed E-state index contributed by atoms with van der Waals surface area (Å²) in [6.07, 6.45) is 4.09. The second-order valence-corrected chi connectivity index (χ2v) is 9.91. The van der Waals surface area contributed by atoms with Gasteiger partial charge in [-0.3, -0.25) is 9.36 Å². The van der Waals surface area contributed by atoms with Gasteiger partial charge in [0, 0.05) is 10.0 Å². The average Bonchev–Trinajstić information content (AvgIpc) is 3.16. The van der Waals surface area contributed by atoms with Crippen molar-refractivity contribution in [1.29, 1.82) is 0 Å². The molecule has 2 heterocycles. The maximum Gasteiger partial charge on any atom is 0.338 e. The lowest BCUT2D eigenvalue weighted by Crippen LogP contribution is -2.39. The van der Waals surface area contributed by atoms with Gasteiger partial charge in [0.25, 0.3) is 5.56 Å². The highest BCUT2D eigenvalue weighted by Gasteiger charge is 2.33. The van der Waals surface area contributed by atoms with Gasteiger partial charge in [-0.25, -0.2) is 9.79 Å². The fourth-order valence-corrected chi connectivity index (χ4v) is 5.34. The van der Waals surface area contributed by atoms with E-state index < -0.39 is 12.0 Å². The van der Waals surface area contributed by atoms with E-state index in [2.05, 4.69) is 11.6 Å². The standard InChI is InChI=1S/C27H24Cl2N2O4S/c1-4-12-34-20-10-7-17(8-11-20)24-23(26(33)35-13-5-2)16(3)30-27-31(24)25(32)22(36-27)14-18-6-9-19(28)15-21(18)29/h5-11,14-15,24H,2,4,12-13H2,1,3H3. The fraction of sp³-hybridized carbons (Fsp3) is 0.222. The number of fused-ring (bicyclic) bond motifs is 1. The molecular weight excluding hydrogens is 519 g/mol. The number of benzene rings is 2. The predicted octanol–water partition coefficient (Wildman–Crippen LogP) is 5.06. The summed E-state index contributed by atoms with van der Waals surface area (Å²) in [5.74, 6) is 0.157. The summed E-state index contributed by atoms with van der Waals surface area (Å²) in [5.41, 5.74) is 1.88. The number of nitrogens with zero attached hydrogens (tertiary/aromatic N) is 2. The molecule has 0 spiro atoms. The second kappa shape index (κ2) is 11.3. The van der Waals surface area contributed by atoms with Crippen LogP contribution in [0.1, 0.15) is 37.4 Å². The van der Waals surface area contributed by atoms with Gasteiger partial charge in [-0.2, -0.15) is 0 Å². The van der Waals surface area contributed by atoms with Crippen molar-refractivity contribution < 1.29 is 14.3 Å². The number of thiazole rings is 1. The number of esters is 1. The molecule has 2 aromatic carbocycles. The number of carbonyl (C=O) groups excluding carboxylic acids is 1. The van der Waals surface area contributed by atoms with E-state index in [9.17, 15) is 9.59 Å². The Kier molecular flexibility index (Phi) is 8.14. The first-order chi connectivity index (χ1) is 17.3. The van der Waals surface area contributed by atoms with Gasteiger partial charge in [-0.1, -0.05) is 72.3 Å². The molecule has 6 nitrogen and oxygen atoms in total. The van der Waals surface area contributed by atoms with Gasteiger partial charge in [0.2, 0.25) is 0 Å². The monoisotopic (exact) mass is 542 g/mol. The molecule has 36 heavy (non-hydrogen) atoms. The number of halogens is 2. The van der Waals surface area contributed by atoms with E-state index >= 15 is 0 Å². The van der Waals surface area contributed by atoms with Gasteiger partial charge in [0.1, 0.15) is 12.4 Å². The number of hydrogen-bond donors (Lipinski definition) is 0. The minimum Gasteiger partial charge on any atom is -0.494 e. The first-order valence-corrected chi connectivity index (χ1v) is 12.9. The number of hydrogen-bond acceptors (Lipinski definition) is 6. The van der Waals surface area contributed by atoms with Crippen LogP contribution in [-0.2, 0) is 9.53 Å². The van der Waals surface area contributed by atoms with Crippen molar-refractivity contribution in [3.8, 4) is 5.75 Å². The summed E-state index contributed by atoms with van der Waals surface area (Å²) < 4.78 is 13.0. The van der Waals surface area contributed by atoms with Gasteiger partial charge in [-0.05, 0) is 54.8 Å². The van der Waals surface area contributed by atoms with Crippen LogP contribution in [0, 0.1) is 0 Å². The largest absolute Gasteiger partial charge is 0.494 e. The lowest BCUT2D eigenvalue weighted by molar-refractivity contribution is -0.138. The fourth-order valence-electron chi connectivity index (χ4n) is 3.84. The third-order valence-electron chi connectivity index (χ3n) is 5.49. The molecule has 0 aliphatic carbocycles. The summed E-state index contributed by atoms with van der Waals surface area (Å²) >= 11 is 13.6. The third kappa shape index (κ3) is 5.33. The Bertz CT molecular complexity index is 1520. The van der Waals surface area contributed by atoms with Crippen molar-refractivity contribution in [2.75, 3.05) is 13.2 Å². The quantitative estimate of drug-likeness (QED) is 0.294. The van der Waals surface area contributed by atoms with Crippen molar-refractivity contribution in [2.24, 2.45) is 4.99 Å². The maximum atomic E-state index is 13.7. The summed E-state index contributed by atoms with van der Waals surface area (Å²) in [7, 11) is 0. The van der Waals surface area contributed by atoms with Crippen molar-refractivity contribution in [2.45, 2.75) is 26.3 Å². The zero-order valence-electron chi connectivity index (χ0n) is 19.8. The zero-order valence-corrected chi connectivity index (χ0v) is 22.1. The number of allylic oxidation sites excluding steroid dienone is 1. The van der Waals surface area contributed by atoms with Gasteiger partial charge in [0.05, 0.1) is 28.5 Å². The smallest absolute Gasteiger partial charge is 0.338 e. The van der Waals surface area contributed by atoms with Crippen LogP contribution in [-0.4, -0.2) is 23.8 Å². The second-order valence-electron chi connectivity index (χ2n) is 8.05. The first kappa shape index (κ1) is 25.9. The first-order valence-electron chi connectivity index (χ1n) is 11.3. The zero-order chi connectivity index (χ0) is 25.8. The van der Waals surface area contributed by atoms with Crippen molar-refractivity contribution in [3.05, 3.63) is 107 Å². The van der Waals surface area contributed by atoms with E-state index in [1.54, 1.807) is 31.2 Å². The minimum atomic E-state index is -0.721. The molecule has 0 saturated carbocycles. The molecule has 1 aliphatic rings. The third-order valence-corrected chi connectivity index (χ3v) is 7.04. The molecule has 3 aromatic rings. The van der Waals surface area contributed by atoms with E-state index in [1.165, 1.54) is 22.0 Å². The van der Waals surface area contributed by atoms with Gasteiger partial charge >= 0.3 is 5.97 Å². The van der Waals surface area contributed by atoms with Crippen LogP contribution in [0.25, 0.3) is 6.08 Å². The Morgan fingerprint density at radius 2 is 1.97 bits per heavy atom. The van der Waals surface area contributed by atoms with E-state index in [-0.39, 0.29) is 12.2 Å². The summed E-state index contributed by atoms with van der Waals surface area (Å²) in [5, 5.41) is 0.931. The van der Waals surface area contributed by atoms with Crippen molar-refractivity contribution >= 4 is 46.6 Å². The predicted molar refractivity (Wildman–Crippen MR) is 144 cm³/mol. The van der Waals surface area contributed by atoms with Gasteiger partial charge in [-0.15, -0.1) is 0 Å². The van der Waals surface area contributed by atoms with Crippen LogP contribution < -0.4 is 19.6 Å². The summed E-state index contributed by atoms with van der Waals surface area (Å²) in [6, 6.07) is 11.7. The molecule has 9 heteroatoms. The van der Waals surface area contributed by atoms with Crippen LogP contribution in [0.5, 0.6) is 5.75 Å². The van der Waals surface area contributed by atoms with E-state index in [0.717, 1.165) is 12.0 Å². The average molecular weight is 543 g/mol.